The summed E-state index contributed by atoms with van der Waals surface area (Å²) in [6.07, 6.45) is 2.01. The zero-order valence-electron chi connectivity index (χ0n) is 15.5. The summed E-state index contributed by atoms with van der Waals surface area (Å²) in [5, 5.41) is 6.90. The van der Waals surface area contributed by atoms with Gasteiger partial charge in [0.15, 0.2) is 0 Å². The maximum atomic E-state index is 12.3. The van der Waals surface area contributed by atoms with Crippen molar-refractivity contribution in [2.24, 2.45) is 0 Å². The largest absolute Gasteiger partial charge is 0.497 e. The number of nitrogens with one attached hydrogen (secondary N) is 2. The molecule has 0 spiro atoms. The number of rotatable bonds is 6. The Bertz CT molecular complexity index is 812. The summed E-state index contributed by atoms with van der Waals surface area (Å²) in [5.74, 6) is 0.730. The Labute approximate surface area is 153 Å². The molecule has 0 saturated carbocycles. The highest BCUT2D eigenvalue weighted by Gasteiger charge is 2.38. The van der Waals surface area contributed by atoms with Gasteiger partial charge in [0.2, 0.25) is 11.8 Å². The predicted octanol–water partition coefficient (Wildman–Crippen LogP) is 0.977. The second-order valence-electron chi connectivity index (χ2n) is 7.02. The lowest BCUT2D eigenvalue weighted by Crippen LogP contribution is -2.63. The molecule has 7 heteroatoms. The SMILES string of the molecule is COc1ccc2c(ccn2CCNC(=O)CN2CCNC(=O)C2(C)C)c1. The normalized spacial score (nSPS) is 17.1. The molecule has 2 amide bonds. The number of nitrogens with zero attached hydrogens (tertiary/aromatic N) is 2. The van der Waals surface area contributed by atoms with Crippen molar-refractivity contribution in [1.82, 2.24) is 20.1 Å². The fraction of sp³-hybridized carbons (Fsp3) is 0.474. The van der Waals surface area contributed by atoms with E-state index in [0.717, 1.165) is 16.7 Å². The number of carbonyl (C=O) groups is 2. The van der Waals surface area contributed by atoms with E-state index in [-0.39, 0.29) is 18.4 Å². The molecule has 0 radical (unpaired) electrons. The van der Waals surface area contributed by atoms with E-state index >= 15 is 0 Å². The second kappa shape index (κ2) is 7.37. The van der Waals surface area contributed by atoms with Crippen LogP contribution in [-0.2, 0) is 16.1 Å². The zero-order chi connectivity index (χ0) is 18.7. The van der Waals surface area contributed by atoms with E-state index < -0.39 is 5.54 Å². The topological polar surface area (TPSA) is 75.6 Å². The predicted molar refractivity (Wildman–Crippen MR) is 100 cm³/mol. The molecule has 2 N–H and O–H groups in total. The van der Waals surface area contributed by atoms with E-state index in [4.69, 9.17) is 4.74 Å². The van der Waals surface area contributed by atoms with Crippen LogP contribution in [0.2, 0.25) is 0 Å². The third-order valence-corrected chi connectivity index (χ3v) is 5.00. The van der Waals surface area contributed by atoms with Crippen molar-refractivity contribution in [1.29, 1.82) is 0 Å². The van der Waals surface area contributed by atoms with E-state index in [1.54, 1.807) is 7.11 Å². The van der Waals surface area contributed by atoms with Crippen LogP contribution in [0.4, 0.5) is 0 Å². The number of aromatic nitrogens is 1. The van der Waals surface area contributed by atoms with Crippen LogP contribution in [0.5, 0.6) is 5.75 Å². The molecule has 0 bridgehead atoms. The van der Waals surface area contributed by atoms with E-state index in [1.165, 1.54) is 0 Å². The van der Waals surface area contributed by atoms with E-state index in [0.29, 0.717) is 26.2 Å². The first kappa shape index (κ1) is 18.3. The average molecular weight is 358 g/mol. The fourth-order valence-corrected chi connectivity index (χ4v) is 3.27. The van der Waals surface area contributed by atoms with Crippen LogP contribution in [0.3, 0.4) is 0 Å². The fourth-order valence-electron chi connectivity index (χ4n) is 3.27. The highest BCUT2D eigenvalue weighted by molar-refractivity contribution is 5.87. The summed E-state index contributed by atoms with van der Waals surface area (Å²) in [5.41, 5.74) is 0.444. The molecule has 140 valence electrons. The molecule has 0 unspecified atom stereocenters. The van der Waals surface area contributed by atoms with Gasteiger partial charge in [0, 0.05) is 43.3 Å². The lowest BCUT2D eigenvalue weighted by Gasteiger charge is -2.40. The van der Waals surface area contributed by atoms with Crippen LogP contribution in [0.15, 0.2) is 30.5 Å². The zero-order valence-corrected chi connectivity index (χ0v) is 15.5. The standard InChI is InChI=1S/C19H26N4O3/c1-19(2)18(25)21-8-11-23(19)13-17(24)20-7-10-22-9-6-14-12-15(26-3)4-5-16(14)22/h4-6,9,12H,7-8,10-11,13H2,1-3H3,(H,20,24)(H,21,25). The first-order valence-corrected chi connectivity index (χ1v) is 8.85. The first-order valence-electron chi connectivity index (χ1n) is 8.85. The van der Waals surface area contributed by atoms with Gasteiger partial charge in [-0.3, -0.25) is 14.5 Å². The van der Waals surface area contributed by atoms with E-state index in [2.05, 4.69) is 15.2 Å². The monoisotopic (exact) mass is 358 g/mol. The minimum atomic E-state index is -0.661. The van der Waals surface area contributed by atoms with Crippen molar-refractivity contribution in [3.8, 4) is 5.75 Å². The van der Waals surface area contributed by atoms with Gasteiger partial charge in [-0.2, -0.15) is 0 Å². The number of hydrogen-bond acceptors (Lipinski definition) is 4. The summed E-state index contributed by atoms with van der Waals surface area (Å²) in [6.45, 7) is 6.39. The van der Waals surface area contributed by atoms with Crippen molar-refractivity contribution in [2.45, 2.75) is 25.9 Å². The molecule has 0 aliphatic carbocycles. The maximum Gasteiger partial charge on any atom is 0.240 e. The molecule has 1 aliphatic heterocycles. The summed E-state index contributed by atoms with van der Waals surface area (Å²) >= 11 is 0. The Kier molecular flexibility index (Phi) is 5.18. The van der Waals surface area contributed by atoms with Gasteiger partial charge in [0.1, 0.15) is 5.75 Å². The van der Waals surface area contributed by atoms with Gasteiger partial charge in [-0.05, 0) is 38.1 Å². The van der Waals surface area contributed by atoms with Crippen LogP contribution in [-0.4, -0.2) is 60.1 Å². The Balaban J connectivity index is 1.53. The number of amides is 2. The Morgan fingerprint density at radius 1 is 1.35 bits per heavy atom. The second-order valence-corrected chi connectivity index (χ2v) is 7.02. The quantitative estimate of drug-likeness (QED) is 0.807. The lowest BCUT2D eigenvalue weighted by molar-refractivity contribution is -0.137. The Morgan fingerprint density at radius 3 is 2.92 bits per heavy atom. The minimum Gasteiger partial charge on any atom is -0.497 e. The Morgan fingerprint density at radius 2 is 2.15 bits per heavy atom. The van der Waals surface area contributed by atoms with Crippen LogP contribution in [0.1, 0.15) is 13.8 Å². The van der Waals surface area contributed by atoms with Gasteiger partial charge < -0.3 is 19.9 Å². The molecule has 1 saturated heterocycles. The van der Waals surface area contributed by atoms with Crippen LogP contribution in [0.25, 0.3) is 10.9 Å². The van der Waals surface area contributed by atoms with Gasteiger partial charge in [0.05, 0.1) is 19.2 Å². The lowest BCUT2D eigenvalue weighted by atomic mass is 9.99. The number of hydrogen-bond donors (Lipinski definition) is 2. The number of benzene rings is 1. The number of piperazine rings is 1. The molecule has 3 rings (SSSR count). The summed E-state index contributed by atoms with van der Waals surface area (Å²) in [4.78, 5) is 26.1. The summed E-state index contributed by atoms with van der Waals surface area (Å²) in [6, 6.07) is 7.98. The van der Waals surface area contributed by atoms with Crippen molar-refractivity contribution in [3.63, 3.8) is 0 Å². The highest BCUT2D eigenvalue weighted by Crippen LogP contribution is 2.21. The van der Waals surface area contributed by atoms with Gasteiger partial charge in [0.25, 0.3) is 0 Å². The van der Waals surface area contributed by atoms with Crippen LogP contribution < -0.4 is 15.4 Å². The minimum absolute atomic E-state index is 0.0363. The van der Waals surface area contributed by atoms with Gasteiger partial charge in [-0.25, -0.2) is 0 Å². The van der Waals surface area contributed by atoms with Gasteiger partial charge >= 0.3 is 0 Å². The molecule has 1 aromatic heterocycles. The number of fused-ring (bicyclic) bond motifs is 1. The number of carbonyl (C=O) groups excluding carboxylic acids is 2. The molecule has 2 aromatic rings. The molecule has 2 heterocycles. The summed E-state index contributed by atoms with van der Waals surface area (Å²) < 4.78 is 7.35. The molecule has 26 heavy (non-hydrogen) atoms. The number of methoxy groups -OCH3 is 1. The van der Waals surface area contributed by atoms with Crippen LogP contribution in [0, 0.1) is 0 Å². The highest BCUT2D eigenvalue weighted by atomic mass is 16.5. The molecule has 1 aliphatic rings. The molecule has 0 atom stereocenters. The smallest absolute Gasteiger partial charge is 0.240 e. The first-order chi connectivity index (χ1) is 12.4. The molecule has 7 nitrogen and oxygen atoms in total. The number of ether oxygens (including phenoxy) is 1. The van der Waals surface area contributed by atoms with Gasteiger partial charge in [-0.1, -0.05) is 0 Å². The molecular formula is C19H26N4O3. The molecule has 1 fully saturated rings. The van der Waals surface area contributed by atoms with Crippen molar-refractivity contribution in [3.05, 3.63) is 30.5 Å². The van der Waals surface area contributed by atoms with Crippen molar-refractivity contribution in [2.75, 3.05) is 33.3 Å². The van der Waals surface area contributed by atoms with Crippen molar-refractivity contribution < 1.29 is 14.3 Å². The van der Waals surface area contributed by atoms with E-state index in [9.17, 15) is 9.59 Å². The third-order valence-electron chi connectivity index (χ3n) is 5.00. The van der Waals surface area contributed by atoms with Crippen molar-refractivity contribution >= 4 is 22.7 Å². The maximum absolute atomic E-state index is 12.3. The molecular weight excluding hydrogens is 332 g/mol. The average Bonchev–Trinajstić information content (AvgIpc) is 3.01. The van der Waals surface area contributed by atoms with Crippen LogP contribution >= 0.6 is 0 Å². The third kappa shape index (κ3) is 3.67. The molecule has 1 aromatic carbocycles. The summed E-state index contributed by atoms with van der Waals surface area (Å²) in [7, 11) is 1.65. The Hall–Kier alpha value is -2.54. The van der Waals surface area contributed by atoms with E-state index in [1.807, 2.05) is 49.2 Å². The van der Waals surface area contributed by atoms with Gasteiger partial charge in [-0.15, -0.1) is 0 Å².